The van der Waals surface area contributed by atoms with Crippen LogP contribution in [-0.2, 0) is 4.79 Å². The summed E-state index contributed by atoms with van der Waals surface area (Å²) < 4.78 is 0. The molecule has 2 fully saturated rings. The molecule has 0 bridgehead atoms. The van der Waals surface area contributed by atoms with Crippen LogP contribution in [0.2, 0.25) is 0 Å². The molecule has 3 N–H and O–H groups in total. The Labute approximate surface area is 156 Å². The van der Waals surface area contributed by atoms with Crippen molar-refractivity contribution in [2.45, 2.75) is 74.8 Å². The largest absolute Gasteiger partial charge is 0.392 e. The fraction of sp³-hybridized carbons (Fsp3) is 0.944. The van der Waals surface area contributed by atoms with E-state index in [1.165, 1.54) is 0 Å². The number of aliphatic hydroxyl groups excluding tert-OH is 1. The number of aliphatic hydroxyl groups is 1. The quantitative estimate of drug-likeness (QED) is 0.622. The highest BCUT2D eigenvalue weighted by atomic mass is 35.5. The van der Waals surface area contributed by atoms with Crippen molar-refractivity contribution in [3.8, 4) is 0 Å². The molecule has 0 aromatic carbocycles. The van der Waals surface area contributed by atoms with E-state index in [9.17, 15) is 9.90 Å². The minimum atomic E-state index is -0.352. The third kappa shape index (κ3) is 5.48. The van der Waals surface area contributed by atoms with Crippen LogP contribution >= 0.6 is 23.2 Å². The second kappa shape index (κ2) is 9.61. The molecule has 140 valence electrons. The molecule has 0 saturated heterocycles. The molecule has 0 aromatic heterocycles. The van der Waals surface area contributed by atoms with Gasteiger partial charge in [0.25, 0.3) is 0 Å². The van der Waals surface area contributed by atoms with Gasteiger partial charge < -0.3 is 15.7 Å². The first-order chi connectivity index (χ1) is 11.4. The number of carbonyl (C=O) groups excluding carboxylic acids is 1. The number of nitrogens with one attached hydrogen (secondary N) is 2. The van der Waals surface area contributed by atoms with E-state index in [2.05, 4.69) is 10.6 Å². The summed E-state index contributed by atoms with van der Waals surface area (Å²) >= 11 is 12.7. The van der Waals surface area contributed by atoms with Crippen molar-refractivity contribution in [2.24, 2.45) is 17.8 Å². The van der Waals surface area contributed by atoms with Gasteiger partial charge in [-0.25, -0.2) is 0 Å². The number of rotatable bonds is 6. The van der Waals surface area contributed by atoms with Crippen molar-refractivity contribution in [3.63, 3.8) is 0 Å². The van der Waals surface area contributed by atoms with Crippen LogP contribution in [0, 0.1) is 17.8 Å². The predicted octanol–water partition coefficient (Wildman–Crippen LogP) is 2.89. The molecule has 1 amide bonds. The van der Waals surface area contributed by atoms with Crippen LogP contribution in [0.3, 0.4) is 0 Å². The molecule has 2 rings (SSSR count). The van der Waals surface area contributed by atoms with Crippen LogP contribution in [0.4, 0.5) is 0 Å². The molecular formula is C18H32Cl2N2O2. The van der Waals surface area contributed by atoms with Gasteiger partial charge >= 0.3 is 0 Å². The zero-order valence-corrected chi connectivity index (χ0v) is 16.3. The van der Waals surface area contributed by atoms with Gasteiger partial charge in [0, 0.05) is 30.8 Å². The van der Waals surface area contributed by atoms with Gasteiger partial charge in [-0.2, -0.15) is 0 Å². The first-order valence-corrected chi connectivity index (χ1v) is 10.2. The van der Waals surface area contributed by atoms with E-state index in [0.717, 1.165) is 51.5 Å². The van der Waals surface area contributed by atoms with Crippen molar-refractivity contribution in [2.75, 3.05) is 13.6 Å². The summed E-state index contributed by atoms with van der Waals surface area (Å²) in [7, 11) is 1.94. The number of hydrogen-bond acceptors (Lipinski definition) is 3. The summed E-state index contributed by atoms with van der Waals surface area (Å²) in [6.07, 6.45) is 6.46. The normalized spacial score (nSPS) is 36.8. The summed E-state index contributed by atoms with van der Waals surface area (Å²) in [5.41, 5.74) is 0. The average Bonchev–Trinajstić information content (AvgIpc) is 2.54. The molecule has 6 heteroatoms. The van der Waals surface area contributed by atoms with Crippen LogP contribution in [0.5, 0.6) is 0 Å². The predicted molar refractivity (Wildman–Crippen MR) is 99.6 cm³/mol. The van der Waals surface area contributed by atoms with Crippen molar-refractivity contribution in [3.05, 3.63) is 0 Å². The van der Waals surface area contributed by atoms with Gasteiger partial charge in [-0.15, -0.1) is 23.2 Å². The van der Waals surface area contributed by atoms with Crippen molar-refractivity contribution >= 4 is 29.1 Å². The zero-order chi connectivity index (χ0) is 17.7. The number of amides is 1. The highest BCUT2D eigenvalue weighted by molar-refractivity contribution is 6.30. The number of hydrogen-bond donors (Lipinski definition) is 3. The second-order valence-electron chi connectivity index (χ2n) is 7.64. The molecule has 0 radical (unpaired) electrons. The minimum absolute atomic E-state index is 0.00421. The van der Waals surface area contributed by atoms with Gasteiger partial charge in [0.05, 0.1) is 11.5 Å². The van der Waals surface area contributed by atoms with E-state index in [1.807, 2.05) is 7.05 Å². The maximum atomic E-state index is 11.3. The fourth-order valence-electron chi connectivity index (χ4n) is 4.61. The molecule has 2 saturated carbocycles. The lowest BCUT2D eigenvalue weighted by Crippen LogP contribution is -2.46. The van der Waals surface area contributed by atoms with Crippen LogP contribution in [0.25, 0.3) is 0 Å². The topological polar surface area (TPSA) is 61.4 Å². The highest BCUT2D eigenvalue weighted by Crippen LogP contribution is 2.40. The molecule has 0 spiro atoms. The Balaban J connectivity index is 1.99. The Morgan fingerprint density at radius 3 is 2.50 bits per heavy atom. The molecule has 0 aliphatic heterocycles. The Morgan fingerprint density at radius 2 is 1.88 bits per heavy atom. The fourth-order valence-corrected chi connectivity index (χ4v) is 5.19. The summed E-state index contributed by atoms with van der Waals surface area (Å²) in [6.45, 7) is 2.36. The molecule has 5 unspecified atom stereocenters. The van der Waals surface area contributed by atoms with E-state index in [1.54, 1.807) is 6.92 Å². The molecule has 4 nitrogen and oxygen atoms in total. The molecule has 24 heavy (non-hydrogen) atoms. The van der Waals surface area contributed by atoms with Gasteiger partial charge in [0.2, 0.25) is 5.91 Å². The van der Waals surface area contributed by atoms with E-state index >= 15 is 0 Å². The van der Waals surface area contributed by atoms with Gasteiger partial charge in [-0.3, -0.25) is 4.79 Å². The van der Waals surface area contributed by atoms with Crippen molar-refractivity contribution in [1.82, 2.24) is 10.6 Å². The summed E-state index contributed by atoms with van der Waals surface area (Å²) in [4.78, 5) is 11.3. The molecule has 2 aliphatic rings. The molecular weight excluding hydrogens is 347 g/mol. The van der Waals surface area contributed by atoms with Crippen molar-refractivity contribution < 1.29 is 9.90 Å². The Morgan fingerprint density at radius 1 is 1.12 bits per heavy atom. The minimum Gasteiger partial charge on any atom is -0.392 e. The third-order valence-corrected chi connectivity index (χ3v) is 6.96. The molecule has 0 aromatic rings. The smallest absolute Gasteiger partial charge is 0.217 e. The Hall–Kier alpha value is -0.0300. The van der Waals surface area contributed by atoms with Crippen LogP contribution in [-0.4, -0.2) is 47.5 Å². The molecule has 2 aliphatic carbocycles. The van der Waals surface area contributed by atoms with E-state index < -0.39 is 0 Å². The average molecular weight is 379 g/mol. The lowest BCUT2D eigenvalue weighted by molar-refractivity contribution is -0.120. The second-order valence-corrected chi connectivity index (χ2v) is 8.76. The molecule has 7 atom stereocenters. The van der Waals surface area contributed by atoms with Gasteiger partial charge in [-0.1, -0.05) is 6.42 Å². The monoisotopic (exact) mass is 378 g/mol. The summed E-state index contributed by atoms with van der Waals surface area (Å²) in [5, 5.41) is 17.4. The van der Waals surface area contributed by atoms with Gasteiger partial charge in [-0.05, 0) is 57.4 Å². The van der Waals surface area contributed by atoms with E-state index in [4.69, 9.17) is 23.2 Å². The summed E-state index contributed by atoms with van der Waals surface area (Å²) in [5.74, 6) is 0.872. The Kier molecular flexibility index (Phi) is 8.12. The zero-order valence-electron chi connectivity index (χ0n) is 14.8. The van der Waals surface area contributed by atoms with E-state index in [-0.39, 0.29) is 40.6 Å². The first-order valence-electron chi connectivity index (χ1n) is 9.30. The standard InChI is InChI=1S/C18H32Cl2N2O2/c1-11(23)22-14-5-3-4-13(8-14)18(24)15(10-21-2)12-6-7-16(19)17(20)9-12/h12-18,21,24H,3-10H2,1-2H3,(H,22,23)/t12?,13?,14?,15-,16?,17?,18+/m1/s1. The number of halogens is 2. The lowest BCUT2D eigenvalue weighted by Gasteiger charge is -2.41. The molecule has 0 heterocycles. The van der Waals surface area contributed by atoms with E-state index in [0.29, 0.717) is 5.92 Å². The number of carbonyl (C=O) groups is 1. The highest BCUT2D eigenvalue weighted by Gasteiger charge is 2.39. The lowest BCUT2D eigenvalue weighted by atomic mass is 9.71. The third-order valence-electron chi connectivity index (χ3n) is 5.82. The maximum Gasteiger partial charge on any atom is 0.217 e. The van der Waals surface area contributed by atoms with Crippen LogP contribution < -0.4 is 10.6 Å². The SMILES string of the molecule is CNC[C@H](C1CCC(Cl)C(Cl)C1)[C@@H](O)C1CCCC(NC(C)=O)C1. The van der Waals surface area contributed by atoms with Crippen LogP contribution in [0.1, 0.15) is 51.9 Å². The van der Waals surface area contributed by atoms with Gasteiger partial charge in [0.1, 0.15) is 0 Å². The summed E-state index contributed by atoms with van der Waals surface area (Å²) in [6, 6.07) is 0.200. The Bertz CT molecular complexity index is 410. The van der Waals surface area contributed by atoms with Crippen LogP contribution in [0.15, 0.2) is 0 Å². The number of alkyl halides is 2. The first kappa shape index (κ1) is 20.3. The van der Waals surface area contributed by atoms with Gasteiger partial charge in [0.15, 0.2) is 0 Å². The van der Waals surface area contributed by atoms with Crippen molar-refractivity contribution in [1.29, 1.82) is 0 Å². The maximum absolute atomic E-state index is 11.3.